The van der Waals surface area contributed by atoms with Crippen LogP contribution in [0.25, 0.3) is 0 Å². The van der Waals surface area contributed by atoms with Crippen molar-refractivity contribution in [1.82, 2.24) is 19.4 Å². The second kappa shape index (κ2) is 7.17. The molecule has 0 saturated carbocycles. The molecule has 0 aromatic carbocycles. The zero-order chi connectivity index (χ0) is 16.4. The highest BCUT2D eigenvalue weighted by Crippen LogP contribution is 2.28. The Kier molecular flexibility index (Phi) is 4.78. The van der Waals surface area contributed by atoms with E-state index in [2.05, 4.69) is 54.8 Å². The van der Waals surface area contributed by atoms with Crippen LogP contribution in [0.4, 0.5) is 0 Å². The van der Waals surface area contributed by atoms with Crippen LogP contribution in [-0.4, -0.2) is 32.5 Å². The van der Waals surface area contributed by atoms with Gasteiger partial charge in [0.15, 0.2) is 0 Å². The first-order valence-corrected chi connectivity index (χ1v) is 10.3. The van der Waals surface area contributed by atoms with Gasteiger partial charge in [0.2, 0.25) is 0 Å². The predicted molar refractivity (Wildman–Crippen MR) is 99.8 cm³/mol. The van der Waals surface area contributed by atoms with Crippen LogP contribution < -0.4 is 0 Å². The Labute approximate surface area is 150 Å². The van der Waals surface area contributed by atoms with Gasteiger partial charge in [-0.1, -0.05) is 0 Å². The van der Waals surface area contributed by atoms with Crippen LogP contribution in [0.3, 0.4) is 0 Å². The molecule has 0 spiro atoms. The summed E-state index contributed by atoms with van der Waals surface area (Å²) in [6.45, 7) is 6.30. The Balaban J connectivity index is 1.38. The lowest BCUT2D eigenvalue weighted by Crippen LogP contribution is -2.33. The summed E-state index contributed by atoms with van der Waals surface area (Å²) in [4.78, 5) is 11.8. The number of thiazole rings is 1. The van der Waals surface area contributed by atoms with Crippen LogP contribution in [-0.2, 0) is 13.1 Å². The van der Waals surface area contributed by atoms with E-state index in [0.717, 1.165) is 36.9 Å². The fourth-order valence-electron chi connectivity index (χ4n) is 3.46. The summed E-state index contributed by atoms with van der Waals surface area (Å²) < 4.78 is 2.29. The van der Waals surface area contributed by atoms with Crippen LogP contribution in [0.1, 0.15) is 40.8 Å². The number of thiophene rings is 1. The maximum absolute atomic E-state index is 4.67. The van der Waals surface area contributed by atoms with Crippen LogP contribution in [0.5, 0.6) is 0 Å². The summed E-state index contributed by atoms with van der Waals surface area (Å²) in [5.74, 6) is 1.80. The van der Waals surface area contributed by atoms with Gasteiger partial charge in [0.1, 0.15) is 5.82 Å². The van der Waals surface area contributed by atoms with Crippen molar-refractivity contribution >= 4 is 22.7 Å². The molecule has 1 saturated heterocycles. The number of hydrogen-bond donors (Lipinski definition) is 0. The van der Waals surface area contributed by atoms with Gasteiger partial charge in [-0.3, -0.25) is 4.90 Å². The molecule has 0 N–H and O–H groups in total. The summed E-state index contributed by atoms with van der Waals surface area (Å²) in [7, 11) is 0. The van der Waals surface area contributed by atoms with Gasteiger partial charge >= 0.3 is 0 Å². The standard InChI is InChI=1S/C18H22N4S2/c1-14-20-17(13-24-14)11-22-8-5-19-18(22)16-2-6-21(7-3-16)10-15-4-9-23-12-15/h4-5,8-9,12-13,16H,2-3,6-7,10-11H2,1H3. The number of aromatic nitrogens is 3. The van der Waals surface area contributed by atoms with E-state index in [4.69, 9.17) is 0 Å². The molecule has 0 amide bonds. The second-order valence-corrected chi connectivity index (χ2v) is 8.30. The van der Waals surface area contributed by atoms with Crippen molar-refractivity contribution in [2.24, 2.45) is 0 Å². The number of hydrogen-bond acceptors (Lipinski definition) is 5. The summed E-state index contributed by atoms with van der Waals surface area (Å²) in [6.07, 6.45) is 6.42. The molecule has 0 radical (unpaired) electrons. The van der Waals surface area contributed by atoms with E-state index in [1.54, 1.807) is 22.7 Å². The third kappa shape index (κ3) is 3.61. The van der Waals surface area contributed by atoms with Crippen molar-refractivity contribution in [3.8, 4) is 0 Å². The Morgan fingerprint density at radius 2 is 2.08 bits per heavy atom. The quantitative estimate of drug-likeness (QED) is 0.687. The number of nitrogens with zero attached hydrogens (tertiary/aromatic N) is 4. The lowest BCUT2D eigenvalue weighted by Gasteiger charge is -2.31. The van der Waals surface area contributed by atoms with Crippen LogP contribution in [0, 0.1) is 6.92 Å². The van der Waals surface area contributed by atoms with Crippen molar-refractivity contribution in [2.45, 2.75) is 38.8 Å². The number of rotatable bonds is 5. The van der Waals surface area contributed by atoms with Crippen LogP contribution >= 0.6 is 22.7 Å². The average molecular weight is 359 g/mol. The van der Waals surface area contributed by atoms with Gasteiger partial charge in [-0.05, 0) is 55.2 Å². The largest absolute Gasteiger partial charge is 0.329 e. The molecule has 0 unspecified atom stereocenters. The van der Waals surface area contributed by atoms with Crippen LogP contribution in [0.15, 0.2) is 34.6 Å². The lowest BCUT2D eigenvalue weighted by molar-refractivity contribution is 0.200. The van der Waals surface area contributed by atoms with Gasteiger partial charge in [0.05, 0.1) is 17.2 Å². The first-order valence-electron chi connectivity index (χ1n) is 8.43. The highest BCUT2D eigenvalue weighted by molar-refractivity contribution is 7.09. The molecule has 3 aromatic heterocycles. The molecular weight excluding hydrogens is 336 g/mol. The predicted octanol–water partition coefficient (Wildman–Crippen LogP) is 4.14. The molecule has 4 heterocycles. The van der Waals surface area contributed by atoms with E-state index in [1.165, 1.54) is 24.2 Å². The minimum absolute atomic E-state index is 0.568. The highest BCUT2D eigenvalue weighted by atomic mass is 32.1. The smallest absolute Gasteiger partial charge is 0.112 e. The molecule has 0 bridgehead atoms. The molecule has 0 aliphatic carbocycles. The first kappa shape index (κ1) is 16.0. The summed E-state index contributed by atoms with van der Waals surface area (Å²) >= 11 is 3.51. The number of imidazole rings is 1. The minimum Gasteiger partial charge on any atom is -0.329 e. The van der Waals surface area contributed by atoms with Crippen molar-refractivity contribution in [2.75, 3.05) is 13.1 Å². The van der Waals surface area contributed by atoms with E-state index in [0.29, 0.717) is 5.92 Å². The van der Waals surface area contributed by atoms with E-state index >= 15 is 0 Å². The highest BCUT2D eigenvalue weighted by Gasteiger charge is 2.24. The van der Waals surface area contributed by atoms with Gasteiger partial charge in [0.25, 0.3) is 0 Å². The van der Waals surface area contributed by atoms with Crippen molar-refractivity contribution in [3.63, 3.8) is 0 Å². The minimum atomic E-state index is 0.568. The van der Waals surface area contributed by atoms with Gasteiger partial charge in [-0.2, -0.15) is 11.3 Å². The van der Waals surface area contributed by atoms with Gasteiger partial charge in [0, 0.05) is 30.2 Å². The monoisotopic (exact) mass is 358 g/mol. The Morgan fingerprint density at radius 3 is 2.79 bits per heavy atom. The molecular formula is C18H22N4S2. The van der Waals surface area contributed by atoms with Gasteiger partial charge in [-0.15, -0.1) is 11.3 Å². The van der Waals surface area contributed by atoms with Crippen molar-refractivity contribution < 1.29 is 0 Å². The van der Waals surface area contributed by atoms with E-state index in [-0.39, 0.29) is 0 Å². The Morgan fingerprint density at radius 1 is 1.21 bits per heavy atom. The van der Waals surface area contributed by atoms with E-state index < -0.39 is 0 Å². The summed E-state index contributed by atoms with van der Waals surface area (Å²) in [6, 6.07) is 2.24. The second-order valence-electron chi connectivity index (χ2n) is 6.45. The molecule has 4 rings (SSSR count). The number of piperidine rings is 1. The topological polar surface area (TPSA) is 34.0 Å². The molecule has 1 aliphatic heterocycles. The zero-order valence-electron chi connectivity index (χ0n) is 13.9. The summed E-state index contributed by atoms with van der Waals surface area (Å²) in [5, 5.41) is 7.71. The maximum atomic E-state index is 4.67. The Hall–Kier alpha value is -1.50. The third-order valence-electron chi connectivity index (χ3n) is 4.69. The maximum Gasteiger partial charge on any atom is 0.112 e. The lowest BCUT2D eigenvalue weighted by atomic mass is 9.95. The van der Waals surface area contributed by atoms with E-state index in [1.807, 2.05) is 6.20 Å². The molecule has 4 nitrogen and oxygen atoms in total. The van der Waals surface area contributed by atoms with E-state index in [9.17, 15) is 0 Å². The molecule has 1 aliphatic rings. The molecule has 6 heteroatoms. The fourth-order valence-corrected chi connectivity index (χ4v) is 4.72. The third-order valence-corrected chi connectivity index (χ3v) is 6.24. The Bertz CT molecular complexity index is 767. The molecule has 1 fully saturated rings. The van der Waals surface area contributed by atoms with Crippen molar-refractivity contribution in [3.05, 3.63) is 56.7 Å². The first-order chi connectivity index (χ1) is 11.8. The molecule has 0 atom stereocenters. The average Bonchev–Trinajstić information content (AvgIpc) is 3.32. The van der Waals surface area contributed by atoms with Gasteiger partial charge in [-0.25, -0.2) is 9.97 Å². The molecule has 24 heavy (non-hydrogen) atoms. The molecule has 3 aromatic rings. The van der Waals surface area contributed by atoms with Gasteiger partial charge < -0.3 is 4.57 Å². The normalized spacial score (nSPS) is 16.7. The fraction of sp³-hybridized carbons (Fsp3) is 0.444. The SMILES string of the molecule is Cc1nc(Cn2ccnc2C2CCN(Cc3ccsc3)CC2)cs1. The summed E-state index contributed by atoms with van der Waals surface area (Å²) in [5.41, 5.74) is 2.59. The number of aryl methyl sites for hydroxylation is 1. The number of likely N-dealkylation sites (tertiary alicyclic amines) is 1. The molecule has 126 valence electrons. The zero-order valence-corrected chi connectivity index (χ0v) is 15.5. The van der Waals surface area contributed by atoms with Crippen molar-refractivity contribution in [1.29, 1.82) is 0 Å². The van der Waals surface area contributed by atoms with Crippen LogP contribution in [0.2, 0.25) is 0 Å².